The number of rotatable bonds is 6. The highest BCUT2D eigenvalue weighted by Crippen LogP contribution is 2.24. The molecule has 0 radical (unpaired) electrons. The monoisotopic (exact) mass is 250 g/mol. The summed E-state index contributed by atoms with van der Waals surface area (Å²) in [5, 5.41) is 8.97. The number of nitrogens with zero attached hydrogens (tertiary/aromatic N) is 1. The smallest absolute Gasteiger partial charge is 0.335 e. The van der Waals surface area contributed by atoms with Crippen LogP contribution in [-0.4, -0.2) is 24.7 Å². The van der Waals surface area contributed by atoms with E-state index < -0.39 is 5.97 Å². The molecule has 0 aliphatic heterocycles. The van der Waals surface area contributed by atoms with Gasteiger partial charge < -0.3 is 15.7 Å². The Kier molecular flexibility index (Phi) is 5.01. The number of benzene rings is 1. The van der Waals surface area contributed by atoms with E-state index in [-0.39, 0.29) is 5.56 Å². The summed E-state index contributed by atoms with van der Waals surface area (Å²) in [7, 11) is 1.94. The average Bonchev–Trinajstić information content (AvgIpc) is 2.28. The first-order chi connectivity index (χ1) is 8.41. The summed E-state index contributed by atoms with van der Waals surface area (Å²) in [6.45, 7) is 5.27. The van der Waals surface area contributed by atoms with Gasteiger partial charge in [-0.05, 0) is 37.0 Å². The van der Waals surface area contributed by atoms with Crippen molar-refractivity contribution in [2.45, 2.75) is 26.7 Å². The third-order valence-corrected chi connectivity index (χ3v) is 2.96. The van der Waals surface area contributed by atoms with E-state index in [9.17, 15) is 4.79 Å². The second kappa shape index (κ2) is 6.28. The molecule has 3 N–H and O–H groups in total. The summed E-state index contributed by atoms with van der Waals surface area (Å²) in [6.07, 6.45) is 2.23. The van der Waals surface area contributed by atoms with Gasteiger partial charge in [-0.2, -0.15) is 0 Å². The number of nitrogens with two attached hydrogens (primary N) is 1. The zero-order valence-electron chi connectivity index (χ0n) is 11.3. The summed E-state index contributed by atoms with van der Waals surface area (Å²) in [4.78, 5) is 12.9. The molecule has 0 unspecified atom stereocenters. The number of hydrogen-bond acceptors (Lipinski definition) is 3. The largest absolute Gasteiger partial charge is 0.478 e. The van der Waals surface area contributed by atoms with Crippen LogP contribution in [-0.2, 0) is 0 Å². The van der Waals surface area contributed by atoms with Crippen LogP contribution in [0.1, 0.15) is 37.0 Å². The molecule has 1 aromatic rings. The molecule has 0 saturated carbocycles. The minimum Gasteiger partial charge on any atom is -0.478 e. The molecule has 1 aromatic carbocycles. The number of aromatic carboxylic acids is 1. The summed E-state index contributed by atoms with van der Waals surface area (Å²) < 4.78 is 0. The van der Waals surface area contributed by atoms with Crippen molar-refractivity contribution in [1.82, 2.24) is 0 Å². The average molecular weight is 250 g/mol. The third-order valence-electron chi connectivity index (χ3n) is 2.96. The predicted molar refractivity (Wildman–Crippen MR) is 75.2 cm³/mol. The molecule has 4 heteroatoms. The molecular formula is C14H22N2O2. The number of carbonyl (C=O) groups is 1. The summed E-state index contributed by atoms with van der Waals surface area (Å²) in [5.41, 5.74) is 7.57. The summed E-state index contributed by atoms with van der Waals surface area (Å²) in [6, 6.07) is 4.81. The van der Waals surface area contributed by atoms with Crippen LogP contribution in [0.2, 0.25) is 0 Å². The van der Waals surface area contributed by atoms with Gasteiger partial charge in [0, 0.05) is 13.6 Å². The first-order valence-electron chi connectivity index (χ1n) is 6.25. The molecule has 0 fully saturated rings. The Bertz CT molecular complexity index is 416. The Balaban J connectivity index is 2.74. The minimum atomic E-state index is -0.924. The molecule has 0 spiro atoms. The minimum absolute atomic E-state index is 0.273. The van der Waals surface area contributed by atoms with Crippen LogP contribution in [0.25, 0.3) is 0 Å². The molecule has 0 bridgehead atoms. The number of anilines is 2. The second-order valence-corrected chi connectivity index (χ2v) is 5.04. The molecule has 0 atom stereocenters. The standard InChI is InChI=1S/C14H22N2O2/c1-10(2)5-4-8-16(3)13-9-11(14(17)18)6-7-12(13)15/h6-7,9-10H,4-5,8,15H2,1-3H3,(H,17,18). The Hall–Kier alpha value is -1.71. The van der Waals surface area contributed by atoms with E-state index in [1.54, 1.807) is 12.1 Å². The van der Waals surface area contributed by atoms with Crippen LogP contribution >= 0.6 is 0 Å². The van der Waals surface area contributed by atoms with Gasteiger partial charge in [0.15, 0.2) is 0 Å². The van der Waals surface area contributed by atoms with Gasteiger partial charge in [0.2, 0.25) is 0 Å². The maximum atomic E-state index is 10.9. The van der Waals surface area contributed by atoms with Gasteiger partial charge in [-0.15, -0.1) is 0 Å². The van der Waals surface area contributed by atoms with Crippen molar-refractivity contribution in [3.63, 3.8) is 0 Å². The maximum absolute atomic E-state index is 10.9. The highest BCUT2D eigenvalue weighted by Gasteiger charge is 2.10. The lowest BCUT2D eigenvalue weighted by Gasteiger charge is -2.22. The predicted octanol–water partition coefficient (Wildman–Crippen LogP) is 2.84. The van der Waals surface area contributed by atoms with Gasteiger partial charge in [-0.3, -0.25) is 0 Å². The van der Waals surface area contributed by atoms with E-state index in [2.05, 4.69) is 13.8 Å². The number of carboxylic acid groups (broad SMARTS) is 1. The maximum Gasteiger partial charge on any atom is 0.335 e. The molecule has 0 amide bonds. The lowest BCUT2D eigenvalue weighted by atomic mass is 10.1. The number of carboxylic acids is 1. The summed E-state index contributed by atoms with van der Waals surface area (Å²) in [5.74, 6) is -0.243. The number of hydrogen-bond donors (Lipinski definition) is 2. The van der Waals surface area contributed by atoms with Crippen LogP contribution in [0.4, 0.5) is 11.4 Å². The Morgan fingerprint density at radius 1 is 1.44 bits per heavy atom. The van der Waals surface area contributed by atoms with Crippen molar-refractivity contribution in [1.29, 1.82) is 0 Å². The van der Waals surface area contributed by atoms with Gasteiger partial charge in [0.25, 0.3) is 0 Å². The van der Waals surface area contributed by atoms with Gasteiger partial charge >= 0.3 is 5.97 Å². The Morgan fingerprint density at radius 2 is 2.11 bits per heavy atom. The third kappa shape index (κ3) is 3.95. The van der Waals surface area contributed by atoms with E-state index in [1.807, 2.05) is 11.9 Å². The fourth-order valence-electron chi connectivity index (χ4n) is 1.86. The van der Waals surface area contributed by atoms with Gasteiger partial charge in [0.1, 0.15) is 0 Å². The summed E-state index contributed by atoms with van der Waals surface area (Å²) >= 11 is 0. The van der Waals surface area contributed by atoms with Gasteiger partial charge in [-0.1, -0.05) is 13.8 Å². The van der Waals surface area contributed by atoms with E-state index in [4.69, 9.17) is 10.8 Å². The van der Waals surface area contributed by atoms with E-state index in [1.165, 1.54) is 6.07 Å². The van der Waals surface area contributed by atoms with E-state index in [0.29, 0.717) is 11.6 Å². The molecule has 4 nitrogen and oxygen atoms in total. The molecule has 100 valence electrons. The van der Waals surface area contributed by atoms with E-state index in [0.717, 1.165) is 25.1 Å². The van der Waals surface area contributed by atoms with Crippen molar-refractivity contribution < 1.29 is 9.90 Å². The van der Waals surface area contributed by atoms with Gasteiger partial charge in [0.05, 0.1) is 16.9 Å². The molecule has 0 saturated heterocycles. The Morgan fingerprint density at radius 3 is 2.67 bits per heavy atom. The molecule has 18 heavy (non-hydrogen) atoms. The molecule has 0 aliphatic carbocycles. The van der Waals surface area contributed by atoms with Crippen LogP contribution in [0.3, 0.4) is 0 Å². The SMILES string of the molecule is CC(C)CCCN(C)c1cc(C(=O)O)ccc1N. The van der Waals surface area contributed by atoms with E-state index >= 15 is 0 Å². The fraction of sp³-hybridized carbons (Fsp3) is 0.500. The van der Waals surface area contributed by atoms with Crippen LogP contribution in [0.15, 0.2) is 18.2 Å². The van der Waals surface area contributed by atoms with Crippen molar-refractivity contribution in [3.05, 3.63) is 23.8 Å². The van der Waals surface area contributed by atoms with Crippen LogP contribution in [0, 0.1) is 5.92 Å². The quantitative estimate of drug-likeness (QED) is 0.762. The Labute approximate surface area is 108 Å². The van der Waals surface area contributed by atoms with Crippen molar-refractivity contribution in [2.24, 2.45) is 5.92 Å². The zero-order chi connectivity index (χ0) is 13.7. The van der Waals surface area contributed by atoms with Crippen LogP contribution in [0.5, 0.6) is 0 Å². The molecule has 0 aliphatic rings. The second-order valence-electron chi connectivity index (χ2n) is 5.04. The normalized spacial score (nSPS) is 10.7. The molecule has 0 aromatic heterocycles. The molecule has 0 heterocycles. The first-order valence-corrected chi connectivity index (χ1v) is 6.25. The molecular weight excluding hydrogens is 228 g/mol. The van der Waals surface area contributed by atoms with Crippen LogP contribution < -0.4 is 10.6 Å². The highest BCUT2D eigenvalue weighted by molar-refractivity contribution is 5.90. The highest BCUT2D eigenvalue weighted by atomic mass is 16.4. The molecule has 1 rings (SSSR count). The first kappa shape index (κ1) is 14.4. The van der Waals surface area contributed by atoms with Gasteiger partial charge in [-0.25, -0.2) is 4.79 Å². The number of nitrogen functional groups attached to an aromatic ring is 1. The zero-order valence-corrected chi connectivity index (χ0v) is 11.3. The fourth-order valence-corrected chi connectivity index (χ4v) is 1.86. The topological polar surface area (TPSA) is 66.6 Å². The van der Waals surface area contributed by atoms with Crippen molar-refractivity contribution in [2.75, 3.05) is 24.2 Å². The van der Waals surface area contributed by atoms with Crippen molar-refractivity contribution in [3.8, 4) is 0 Å². The lowest BCUT2D eigenvalue weighted by molar-refractivity contribution is 0.0697. The van der Waals surface area contributed by atoms with Crippen molar-refractivity contribution >= 4 is 17.3 Å². The lowest BCUT2D eigenvalue weighted by Crippen LogP contribution is -2.20.